The molecule has 1 aromatic carbocycles. The summed E-state index contributed by atoms with van der Waals surface area (Å²) in [6, 6.07) is 10.1. The first kappa shape index (κ1) is 28.2. The van der Waals surface area contributed by atoms with E-state index in [1.54, 1.807) is 23.9 Å². The number of anilines is 1. The number of carbonyl (C=O) groups is 1. The topological polar surface area (TPSA) is 124 Å². The number of nitrogens with zero attached hydrogens (tertiary/aromatic N) is 3. The number of benzene rings is 1. The molecule has 0 amide bonds. The van der Waals surface area contributed by atoms with Crippen LogP contribution in [0, 0.1) is 23.1 Å². The summed E-state index contributed by atoms with van der Waals surface area (Å²) in [6.45, 7) is 3.81. The molecule has 1 fully saturated rings. The zero-order valence-electron chi connectivity index (χ0n) is 19.1. The summed E-state index contributed by atoms with van der Waals surface area (Å²) >= 11 is 1.69. The number of aliphatic hydroxyl groups is 1. The molecule has 9 heteroatoms. The Bertz CT molecular complexity index is 920. The summed E-state index contributed by atoms with van der Waals surface area (Å²) in [6.07, 6.45) is 6.14. The first-order valence-corrected chi connectivity index (χ1v) is 11.7. The van der Waals surface area contributed by atoms with Crippen molar-refractivity contribution in [1.82, 2.24) is 4.98 Å². The Morgan fingerprint density at radius 3 is 2.73 bits per heavy atom. The van der Waals surface area contributed by atoms with E-state index < -0.39 is 5.54 Å². The van der Waals surface area contributed by atoms with E-state index >= 15 is 0 Å². The molecule has 3 rings (SSSR count). The second-order valence-corrected chi connectivity index (χ2v) is 8.28. The van der Waals surface area contributed by atoms with E-state index in [1.165, 1.54) is 24.8 Å². The highest BCUT2D eigenvalue weighted by atomic mass is 32.2. The van der Waals surface area contributed by atoms with Gasteiger partial charge < -0.3 is 16.2 Å². The second-order valence-electron chi connectivity index (χ2n) is 7.21. The zero-order valence-corrected chi connectivity index (χ0v) is 19.9. The largest absolute Gasteiger partial charge is 0.400 e. The van der Waals surface area contributed by atoms with Gasteiger partial charge in [-0.3, -0.25) is 14.8 Å². The number of thioether (sulfide) groups is 1. The van der Waals surface area contributed by atoms with Crippen molar-refractivity contribution in [2.24, 2.45) is 16.6 Å². The number of nitrogens with one attached hydrogen (secondary N) is 1. The van der Waals surface area contributed by atoms with Crippen molar-refractivity contribution in [3.8, 4) is 6.07 Å². The molecule has 33 heavy (non-hydrogen) atoms. The molecule has 178 valence electrons. The van der Waals surface area contributed by atoms with Gasteiger partial charge in [0.2, 0.25) is 0 Å². The van der Waals surface area contributed by atoms with Crippen molar-refractivity contribution in [1.29, 1.82) is 5.26 Å². The van der Waals surface area contributed by atoms with Crippen molar-refractivity contribution in [3.05, 3.63) is 59.2 Å². The number of hydrogen-bond acceptors (Lipinski definition) is 8. The summed E-state index contributed by atoms with van der Waals surface area (Å²) in [5, 5.41) is 18.4. The third-order valence-electron chi connectivity index (χ3n) is 5.51. The Labute approximate surface area is 199 Å². The zero-order chi connectivity index (χ0) is 24.7. The van der Waals surface area contributed by atoms with E-state index in [-0.39, 0.29) is 5.82 Å². The predicted molar refractivity (Wildman–Crippen MR) is 133 cm³/mol. The van der Waals surface area contributed by atoms with Gasteiger partial charge in [0.05, 0.1) is 11.1 Å². The van der Waals surface area contributed by atoms with Crippen LogP contribution in [0.1, 0.15) is 47.3 Å². The summed E-state index contributed by atoms with van der Waals surface area (Å²) < 4.78 is 14.5. The Hall–Kier alpha value is -2.80. The summed E-state index contributed by atoms with van der Waals surface area (Å²) in [5.41, 5.74) is 7.50. The van der Waals surface area contributed by atoms with Crippen LogP contribution in [-0.2, 0) is 5.54 Å². The highest BCUT2D eigenvalue weighted by Crippen LogP contribution is 2.47. The molecule has 4 N–H and O–H groups in total. The lowest BCUT2D eigenvalue weighted by molar-refractivity contribution is 0.111. The average Bonchev–Trinajstić information content (AvgIpc) is 2.89. The van der Waals surface area contributed by atoms with Gasteiger partial charge in [0.1, 0.15) is 17.6 Å². The monoisotopic (exact) mass is 473 g/mol. The minimum Gasteiger partial charge on any atom is -0.400 e. The van der Waals surface area contributed by atoms with Crippen molar-refractivity contribution < 1.29 is 14.3 Å². The number of aliphatic hydroxyl groups excluding tert-OH is 1. The van der Waals surface area contributed by atoms with Gasteiger partial charge in [0.25, 0.3) is 0 Å². The summed E-state index contributed by atoms with van der Waals surface area (Å²) in [7, 11) is 2.84. The van der Waals surface area contributed by atoms with E-state index in [1.807, 2.05) is 19.2 Å². The van der Waals surface area contributed by atoms with Gasteiger partial charge in [0, 0.05) is 43.2 Å². The van der Waals surface area contributed by atoms with Crippen LogP contribution in [0.5, 0.6) is 0 Å². The average molecular weight is 474 g/mol. The maximum absolute atomic E-state index is 14.5. The molecule has 0 saturated heterocycles. The highest BCUT2D eigenvalue weighted by Gasteiger charge is 2.43. The predicted octanol–water partition coefficient (Wildman–Crippen LogP) is 3.98. The molecule has 7 nitrogen and oxygen atoms in total. The lowest BCUT2D eigenvalue weighted by atomic mass is 9.69. The number of nitriles is 1. The number of rotatable bonds is 7. The number of nitrogens with two attached hydrogens (primary N) is 1. The van der Waals surface area contributed by atoms with Gasteiger partial charge in [0.15, 0.2) is 6.29 Å². The maximum Gasteiger partial charge on any atom is 0.168 e. The Kier molecular flexibility index (Phi) is 12.9. The number of aromatic nitrogens is 1. The van der Waals surface area contributed by atoms with Gasteiger partial charge in [-0.05, 0) is 55.8 Å². The molecule has 2 atom stereocenters. The minimum atomic E-state index is -0.517. The fourth-order valence-electron chi connectivity index (χ4n) is 3.86. The quantitative estimate of drug-likeness (QED) is 0.316. The van der Waals surface area contributed by atoms with Gasteiger partial charge >= 0.3 is 0 Å². The maximum atomic E-state index is 14.5. The summed E-state index contributed by atoms with van der Waals surface area (Å²) in [5.74, 6) is 1.59. The van der Waals surface area contributed by atoms with Crippen LogP contribution in [-0.4, -0.2) is 48.9 Å². The number of hydrogen-bond donors (Lipinski definition) is 3. The molecular formula is C24H32FN5O2S. The molecule has 1 aromatic heterocycles. The van der Waals surface area contributed by atoms with Crippen molar-refractivity contribution in [2.75, 3.05) is 31.1 Å². The Balaban J connectivity index is 0.000000380. The third-order valence-corrected chi connectivity index (χ3v) is 6.39. The second kappa shape index (κ2) is 15.1. The van der Waals surface area contributed by atoms with Crippen LogP contribution < -0.4 is 11.1 Å². The number of carbonyl (C=O) groups excluding carboxylic acids is 1. The van der Waals surface area contributed by atoms with Crippen molar-refractivity contribution in [3.63, 3.8) is 0 Å². The van der Waals surface area contributed by atoms with E-state index in [9.17, 15) is 9.18 Å². The summed E-state index contributed by atoms with van der Waals surface area (Å²) in [4.78, 5) is 18.2. The van der Waals surface area contributed by atoms with Crippen molar-refractivity contribution >= 4 is 30.5 Å². The molecule has 0 aliphatic heterocycles. The third kappa shape index (κ3) is 7.63. The van der Waals surface area contributed by atoms with Gasteiger partial charge in [-0.25, -0.2) is 4.39 Å². The van der Waals surface area contributed by atoms with Crippen LogP contribution in [0.25, 0.3) is 0 Å². The van der Waals surface area contributed by atoms with Crippen LogP contribution in [0.15, 0.2) is 41.5 Å². The van der Waals surface area contributed by atoms with E-state index in [0.717, 1.165) is 37.8 Å². The molecule has 2 unspecified atom stereocenters. The van der Waals surface area contributed by atoms with Crippen LogP contribution in [0.3, 0.4) is 0 Å². The number of aliphatic imine (C=N–C) groups is 1. The molecule has 2 aromatic rings. The molecule has 0 bridgehead atoms. The lowest BCUT2D eigenvalue weighted by Gasteiger charge is -2.41. The Morgan fingerprint density at radius 2 is 2.18 bits per heavy atom. The molecule has 1 aliphatic rings. The molecular weight excluding hydrogens is 441 g/mol. The molecule has 0 spiro atoms. The fourth-order valence-corrected chi connectivity index (χ4v) is 4.72. The molecule has 1 saturated carbocycles. The Morgan fingerprint density at radius 1 is 1.42 bits per heavy atom. The number of halogens is 1. The number of pyridine rings is 1. The fraction of sp³-hybridized carbons (Fsp3) is 0.417. The van der Waals surface area contributed by atoms with Crippen LogP contribution in [0.4, 0.5) is 10.1 Å². The van der Waals surface area contributed by atoms with Gasteiger partial charge in [-0.1, -0.05) is 12.8 Å². The van der Waals surface area contributed by atoms with Crippen molar-refractivity contribution in [2.45, 2.75) is 31.2 Å². The number of aldehydes is 1. The minimum absolute atomic E-state index is 0.189. The molecule has 0 radical (unpaired) electrons. The molecule has 1 aliphatic carbocycles. The van der Waals surface area contributed by atoms with Gasteiger partial charge in [-0.2, -0.15) is 5.26 Å². The standard InChI is InChI=1S/C16H24FN3S.C7H4N2O.CH4O/c1-19-13-6-7-15(17)14(9-13)16(20-2)8-4-3-5-12(16)10-21-11-18;8-3-6-1-2-7(5-10)9-4-6;1-2/h6-7,9,12,19H,2-5,8,10-11,18H2,1H3;1-2,4-5H;2H,1H3. The van der Waals surface area contributed by atoms with E-state index in [2.05, 4.69) is 22.0 Å². The lowest BCUT2D eigenvalue weighted by Crippen LogP contribution is -2.38. The normalized spacial score (nSPS) is 19.0. The highest BCUT2D eigenvalue weighted by molar-refractivity contribution is 7.99. The van der Waals surface area contributed by atoms with E-state index in [0.29, 0.717) is 34.9 Å². The van der Waals surface area contributed by atoms with Crippen LogP contribution >= 0.6 is 11.8 Å². The first-order valence-electron chi connectivity index (χ1n) is 10.5. The SMILES string of the molecule is C=NC1(c2cc(NC)ccc2F)CCCCC1CSCN.CO.N#Cc1ccc(C=O)nc1. The molecule has 1 heterocycles. The van der Waals surface area contributed by atoms with E-state index in [4.69, 9.17) is 16.1 Å². The van der Waals surface area contributed by atoms with Crippen LogP contribution in [0.2, 0.25) is 0 Å². The smallest absolute Gasteiger partial charge is 0.168 e. The first-order chi connectivity index (χ1) is 16.0. The van der Waals surface area contributed by atoms with Gasteiger partial charge in [-0.15, -0.1) is 11.8 Å².